The van der Waals surface area contributed by atoms with Crippen molar-refractivity contribution in [3.63, 3.8) is 0 Å². The summed E-state index contributed by atoms with van der Waals surface area (Å²) in [6.07, 6.45) is 3.29. The fourth-order valence-electron chi connectivity index (χ4n) is 3.51. The molecule has 0 bridgehead atoms. The normalized spacial score (nSPS) is 28.0. The Morgan fingerprint density at radius 1 is 1.28 bits per heavy atom. The van der Waals surface area contributed by atoms with E-state index >= 15 is 0 Å². The van der Waals surface area contributed by atoms with Crippen LogP contribution < -0.4 is 10.6 Å². The van der Waals surface area contributed by atoms with Crippen molar-refractivity contribution in [2.75, 3.05) is 11.1 Å². The van der Waals surface area contributed by atoms with Gasteiger partial charge in [0.1, 0.15) is 6.04 Å². The van der Waals surface area contributed by atoms with Crippen LogP contribution in [0, 0.1) is 0 Å². The second-order valence-corrected chi connectivity index (χ2v) is 8.55. The van der Waals surface area contributed by atoms with Gasteiger partial charge in [-0.15, -0.1) is 11.8 Å². The van der Waals surface area contributed by atoms with Gasteiger partial charge in [0.05, 0.1) is 16.1 Å². The Hall–Kier alpha value is -2.02. The van der Waals surface area contributed by atoms with Crippen molar-refractivity contribution in [1.29, 1.82) is 0 Å². The Kier molecular flexibility index (Phi) is 3.98. The fourth-order valence-corrected chi connectivity index (χ4v) is 4.94. The third kappa shape index (κ3) is 3.01. The molecule has 3 aliphatic rings. The third-order valence-corrected chi connectivity index (χ3v) is 6.59. The lowest BCUT2D eigenvalue weighted by Crippen LogP contribution is -2.48. The van der Waals surface area contributed by atoms with E-state index in [4.69, 9.17) is 0 Å². The second-order valence-electron chi connectivity index (χ2n) is 7.05. The Morgan fingerprint density at radius 3 is 2.80 bits per heavy atom. The lowest BCUT2D eigenvalue weighted by atomic mass is 10.1. The molecule has 7 heteroatoms. The number of anilines is 1. The van der Waals surface area contributed by atoms with Crippen molar-refractivity contribution in [3.05, 3.63) is 29.8 Å². The van der Waals surface area contributed by atoms with Crippen molar-refractivity contribution >= 4 is 35.2 Å². The zero-order chi connectivity index (χ0) is 17.6. The standard InChI is InChI=1S/C18H21N3O3S/c1-18-9-8-15(22)21(18)14(10-25-18)17(24)20-13-5-3-2-4-12(13)16(23)19-11-6-7-11/h2-5,11,14H,6-10H2,1H3,(H,19,23)(H,20,24)/t14-,18-/m0/s1. The first-order valence-corrected chi connectivity index (χ1v) is 9.63. The highest BCUT2D eigenvalue weighted by Gasteiger charge is 2.52. The molecule has 1 aromatic carbocycles. The molecular formula is C18H21N3O3S. The summed E-state index contributed by atoms with van der Waals surface area (Å²) >= 11 is 1.66. The van der Waals surface area contributed by atoms with Gasteiger partial charge in [-0.25, -0.2) is 0 Å². The number of hydrogen-bond acceptors (Lipinski definition) is 4. The molecule has 1 aliphatic carbocycles. The first-order valence-electron chi connectivity index (χ1n) is 8.65. The monoisotopic (exact) mass is 359 g/mol. The largest absolute Gasteiger partial charge is 0.349 e. The van der Waals surface area contributed by atoms with Crippen molar-refractivity contribution in [2.24, 2.45) is 0 Å². The summed E-state index contributed by atoms with van der Waals surface area (Å²) in [5.41, 5.74) is 0.958. The number of rotatable bonds is 4. The van der Waals surface area contributed by atoms with Gasteiger partial charge < -0.3 is 15.5 Å². The van der Waals surface area contributed by atoms with Gasteiger partial charge in [-0.1, -0.05) is 12.1 Å². The third-order valence-electron chi connectivity index (χ3n) is 5.09. The van der Waals surface area contributed by atoms with Crippen molar-refractivity contribution in [1.82, 2.24) is 10.2 Å². The molecule has 2 saturated heterocycles. The van der Waals surface area contributed by atoms with Gasteiger partial charge in [0.15, 0.2) is 0 Å². The molecule has 25 heavy (non-hydrogen) atoms. The lowest BCUT2D eigenvalue weighted by Gasteiger charge is -2.30. The summed E-state index contributed by atoms with van der Waals surface area (Å²) in [4.78, 5) is 38.8. The SMILES string of the molecule is C[C@]12CCC(=O)N1[C@H](C(=O)Nc1ccccc1C(=O)NC1CC1)CS2. The first kappa shape index (κ1) is 16.4. The highest BCUT2D eigenvalue weighted by molar-refractivity contribution is 8.01. The summed E-state index contributed by atoms with van der Waals surface area (Å²) in [6.45, 7) is 2.02. The van der Waals surface area contributed by atoms with Crippen LogP contribution in [-0.2, 0) is 9.59 Å². The van der Waals surface area contributed by atoms with Crippen LogP contribution in [0.25, 0.3) is 0 Å². The molecule has 3 fully saturated rings. The number of hydrogen-bond donors (Lipinski definition) is 2. The molecule has 0 spiro atoms. The number of nitrogens with one attached hydrogen (secondary N) is 2. The molecule has 2 N–H and O–H groups in total. The summed E-state index contributed by atoms with van der Waals surface area (Å²) in [7, 11) is 0. The molecule has 2 aliphatic heterocycles. The van der Waals surface area contributed by atoms with Gasteiger partial charge in [0.25, 0.3) is 5.91 Å². The number of amides is 3. The fraction of sp³-hybridized carbons (Fsp3) is 0.500. The van der Waals surface area contributed by atoms with E-state index in [0.717, 1.165) is 19.3 Å². The van der Waals surface area contributed by atoms with Gasteiger partial charge in [0.2, 0.25) is 11.8 Å². The smallest absolute Gasteiger partial charge is 0.253 e. The predicted octanol–water partition coefficient (Wildman–Crippen LogP) is 1.97. The van der Waals surface area contributed by atoms with Crippen LogP contribution in [0.3, 0.4) is 0 Å². The Bertz CT molecular complexity index is 749. The maximum absolute atomic E-state index is 12.8. The maximum Gasteiger partial charge on any atom is 0.253 e. The molecule has 4 rings (SSSR count). The summed E-state index contributed by atoms with van der Waals surface area (Å²) in [5, 5.41) is 5.81. The minimum atomic E-state index is -0.482. The quantitative estimate of drug-likeness (QED) is 0.862. The van der Waals surface area contributed by atoms with Gasteiger partial charge in [-0.05, 0) is 38.3 Å². The number of benzene rings is 1. The van der Waals surface area contributed by atoms with Crippen molar-refractivity contribution in [2.45, 2.75) is 49.6 Å². The van der Waals surface area contributed by atoms with Crippen LogP contribution in [0.15, 0.2) is 24.3 Å². The van der Waals surface area contributed by atoms with Crippen LogP contribution in [0.1, 0.15) is 43.0 Å². The number of carbonyl (C=O) groups is 3. The van der Waals surface area contributed by atoms with E-state index in [2.05, 4.69) is 10.6 Å². The van der Waals surface area contributed by atoms with Crippen LogP contribution in [0.4, 0.5) is 5.69 Å². The summed E-state index contributed by atoms with van der Waals surface area (Å²) in [6, 6.07) is 6.78. The number of nitrogens with zero attached hydrogens (tertiary/aromatic N) is 1. The Labute approximate surface area is 150 Å². The minimum Gasteiger partial charge on any atom is -0.349 e. The number of thioether (sulfide) groups is 1. The molecule has 1 aromatic rings. The summed E-state index contributed by atoms with van der Waals surface area (Å²) < 4.78 is 0. The molecule has 2 heterocycles. The van der Waals surface area contributed by atoms with E-state index in [0.29, 0.717) is 23.4 Å². The first-order chi connectivity index (χ1) is 12.0. The molecule has 0 radical (unpaired) electrons. The van der Waals surface area contributed by atoms with E-state index in [1.165, 1.54) is 0 Å². The van der Waals surface area contributed by atoms with E-state index < -0.39 is 6.04 Å². The van der Waals surface area contributed by atoms with Gasteiger partial charge in [-0.3, -0.25) is 14.4 Å². The van der Waals surface area contributed by atoms with Crippen LogP contribution in [0.5, 0.6) is 0 Å². The average Bonchev–Trinajstić information content (AvgIpc) is 3.26. The van der Waals surface area contributed by atoms with E-state index in [9.17, 15) is 14.4 Å². The van der Waals surface area contributed by atoms with Crippen LogP contribution in [0.2, 0.25) is 0 Å². The van der Waals surface area contributed by atoms with Crippen molar-refractivity contribution < 1.29 is 14.4 Å². The molecule has 2 atom stereocenters. The van der Waals surface area contributed by atoms with Gasteiger partial charge in [-0.2, -0.15) is 0 Å². The zero-order valence-corrected chi connectivity index (χ0v) is 14.9. The lowest BCUT2D eigenvalue weighted by molar-refractivity contribution is -0.135. The molecule has 1 saturated carbocycles. The Balaban J connectivity index is 1.51. The van der Waals surface area contributed by atoms with E-state index in [1.54, 1.807) is 40.9 Å². The molecule has 0 unspecified atom stereocenters. The van der Waals surface area contributed by atoms with Crippen molar-refractivity contribution in [3.8, 4) is 0 Å². The molecular weight excluding hydrogens is 338 g/mol. The predicted molar refractivity (Wildman–Crippen MR) is 96.3 cm³/mol. The summed E-state index contributed by atoms with van der Waals surface area (Å²) in [5.74, 6) is 0.233. The topological polar surface area (TPSA) is 78.5 Å². The highest BCUT2D eigenvalue weighted by Crippen LogP contribution is 2.47. The minimum absolute atomic E-state index is 0.0346. The molecule has 3 amide bonds. The molecule has 0 aromatic heterocycles. The highest BCUT2D eigenvalue weighted by atomic mass is 32.2. The Morgan fingerprint density at radius 2 is 2.04 bits per heavy atom. The molecule has 6 nitrogen and oxygen atoms in total. The van der Waals surface area contributed by atoms with E-state index in [1.807, 2.05) is 6.92 Å². The number of fused-ring (bicyclic) bond motifs is 1. The number of carbonyl (C=O) groups excluding carboxylic acids is 3. The van der Waals surface area contributed by atoms with Crippen LogP contribution >= 0.6 is 11.8 Å². The number of para-hydroxylation sites is 1. The van der Waals surface area contributed by atoms with Gasteiger partial charge in [0, 0.05) is 18.2 Å². The zero-order valence-electron chi connectivity index (χ0n) is 14.1. The second kappa shape index (κ2) is 6.05. The van der Waals surface area contributed by atoms with E-state index in [-0.39, 0.29) is 28.6 Å². The van der Waals surface area contributed by atoms with Gasteiger partial charge >= 0.3 is 0 Å². The van der Waals surface area contributed by atoms with Crippen LogP contribution in [-0.4, -0.2) is 45.3 Å². The molecule has 132 valence electrons. The average molecular weight is 359 g/mol. The maximum atomic E-state index is 12.8.